The smallest absolute Gasteiger partial charge is 0.352 e. The first-order valence-corrected chi connectivity index (χ1v) is 15.7. The summed E-state index contributed by atoms with van der Waals surface area (Å²) in [7, 11) is 2.00. The fourth-order valence-corrected chi connectivity index (χ4v) is 7.55. The van der Waals surface area contributed by atoms with E-state index in [-0.39, 0.29) is 43.7 Å². The zero-order chi connectivity index (χ0) is 32.5. The average Bonchev–Trinajstić information content (AvgIpc) is 3.35. The van der Waals surface area contributed by atoms with Crippen LogP contribution >= 0.6 is 0 Å². The molecule has 1 spiro atoms. The van der Waals surface area contributed by atoms with Gasteiger partial charge in [0.2, 0.25) is 11.8 Å². The monoisotopic (exact) mass is 628 g/mol. The lowest BCUT2D eigenvalue weighted by Crippen LogP contribution is -2.74. The third-order valence-corrected chi connectivity index (χ3v) is 9.75. The Morgan fingerprint density at radius 3 is 2.73 bits per heavy atom. The number of likely N-dealkylation sites (N-methyl/N-ethyl adjacent to an activating group) is 1. The van der Waals surface area contributed by atoms with Gasteiger partial charge in [-0.1, -0.05) is 12.1 Å². The van der Waals surface area contributed by atoms with Gasteiger partial charge in [-0.05, 0) is 70.8 Å². The molecule has 2 amide bonds. The second-order valence-corrected chi connectivity index (χ2v) is 12.5. The van der Waals surface area contributed by atoms with Gasteiger partial charge >= 0.3 is 11.9 Å². The Morgan fingerprint density at radius 2 is 2.02 bits per heavy atom. The minimum absolute atomic E-state index is 0.0437. The molecule has 1 aromatic carbocycles. The molecule has 246 valence electrons. The van der Waals surface area contributed by atoms with Crippen molar-refractivity contribution in [3.05, 3.63) is 40.7 Å². The molecule has 13 heteroatoms. The zero-order valence-electron chi connectivity index (χ0n) is 26.1. The number of aliphatic hydroxyl groups is 2. The van der Waals surface area contributed by atoms with Crippen LogP contribution in [0.5, 0.6) is 5.75 Å². The predicted molar refractivity (Wildman–Crippen MR) is 161 cm³/mol. The topological polar surface area (TPSA) is 190 Å². The van der Waals surface area contributed by atoms with E-state index in [4.69, 9.17) is 19.9 Å². The lowest BCUT2D eigenvalue weighted by atomic mass is 9.50. The SMILES string of the molecule is CC(=O)N[C@@H](CCCCN)C(=O)NCCC(=O)O[C@@H](C)C(=O)OC1=CC[C@@]2(O)[C@H]3Cc4ccc(CO)c5c4[C@@]2(CCN3C)[C@H]1O5. The van der Waals surface area contributed by atoms with Crippen LogP contribution in [0.2, 0.25) is 0 Å². The first-order valence-electron chi connectivity index (χ1n) is 15.7. The van der Waals surface area contributed by atoms with Crippen LogP contribution in [0, 0.1) is 0 Å². The van der Waals surface area contributed by atoms with Crippen LogP contribution in [-0.2, 0) is 47.1 Å². The Labute approximate surface area is 262 Å². The van der Waals surface area contributed by atoms with Gasteiger partial charge in [-0.25, -0.2) is 4.79 Å². The van der Waals surface area contributed by atoms with E-state index in [0.717, 1.165) is 11.1 Å². The summed E-state index contributed by atoms with van der Waals surface area (Å²) in [5, 5.41) is 27.6. The molecule has 45 heavy (non-hydrogen) atoms. The Hall–Kier alpha value is -3.52. The number of rotatable bonds is 13. The number of piperidine rings is 1. The van der Waals surface area contributed by atoms with Crippen LogP contribution < -0.4 is 21.1 Å². The van der Waals surface area contributed by atoms with Gasteiger partial charge in [-0.3, -0.25) is 14.4 Å². The summed E-state index contributed by atoms with van der Waals surface area (Å²) in [4.78, 5) is 51.9. The van der Waals surface area contributed by atoms with Crippen LogP contribution in [0.25, 0.3) is 0 Å². The molecule has 4 aliphatic rings. The first kappa shape index (κ1) is 32.9. The molecule has 6 atom stereocenters. The van der Waals surface area contributed by atoms with E-state index in [1.807, 2.05) is 19.2 Å². The Morgan fingerprint density at radius 1 is 1.24 bits per heavy atom. The summed E-state index contributed by atoms with van der Waals surface area (Å²) in [6, 6.07) is 2.92. The van der Waals surface area contributed by atoms with Crippen LogP contribution in [-0.4, -0.2) is 95.4 Å². The molecule has 2 heterocycles. The molecular formula is C32H44N4O9. The quantitative estimate of drug-likeness (QED) is 0.147. The highest BCUT2D eigenvalue weighted by Gasteiger charge is 2.71. The van der Waals surface area contributed by atoms with E-state index in [9.17, 15) is 29.4 Å². The zero-order valence-corrected chi connectivity index (χ0v) is 26.1. The van der Waals surface area contributed by atoms with E-state index in [2.05, 4.69) is 15.5 Å². The summed E-state index contributed by atoms with van der Waals surface area (Å²) in [6.45, 7) is 3.64. The molecule has 6 N–H and O–H groups in total. The molecule has 1 fully saturated rings. The number of carbonyl (C=O) groups is 4. The van der Waals surface area contributed by atoms with Crippen LogP contribution in [0.3, 0.4) is 0 Å². The number of benzene rings is 1. The normalized spacial score (nSPS) is 27.3. The molecule has 0 radical (unpaired) electrons. The van der Waals surface area contributed by atoms with Gasteiger partial charge < -0.3 is 45.7 Å². The maximum atomic E-state index is 13.2. The van der Waals surface area contributed by atoms with Gasteiger partial charge in [0.05, 0.1) is 24.0 Å². The Bertz CT molecular complexity index is 1380. The third-order valence-electron chi connectivity index (χ3n) is 9.75. The number of amides is 2. The number of nitrogens with zero attached hydrogens (tertiary/aromatic N) is 1. The Kier molecular flexibility index (Phi) is 9.54. The standard InChI is InChI=1S/C32H44N4O9/c1-18(43-25(39)10-14-34-29(40)22(35-19(2)38)6-4-5-13-33)30(41)44-23-9-11-32(42)24-16-20-7-8-21(17-37)27-26(20)31(32,28(23)45-27)12-15-36(24)3/h7-9,18,22,24,28,37,42H,4-6,10-17,33H2,1-3H3,(H,34,40)(H,35,38)/t18-,22-,24+,28-,31-,32+/m0/s1. The van der Waals surface area contributed by atoms with Gasteiger partial charge in [-0.2, -0.15) is 0 Å². The lowest BCUT2D eigenvalue weighted by Gasteiger charge is -2.61. The molecule has 13 nitrogen and oxygen atoms in total. The minimum Gasteiger partial charge on any atom is -0.481 e. The van der Waals surface area contributed by atoms with Crippen molar-refractivity contribution in [1.82, 2.24) is 15.5 Å². The summed E-state index contributed by atoms with van der Waals surface area (Å²) >= 11 is 0. The number of nitrogens with two attached hydrogens (primary N) is 1. The molecule has 1 saturated heterocycles. The third kappa shape index (κ3) is 5.82. The maximum absolute atomic E-state index is 13.2. The number of nitrogens with one attached hydrogen (secondary N) is 2. The van der Waals surface area contributed by atoms with E-state index >= 15 is 0 Å². The van der Waals surface area contributed by atoms with E-state index < -0.39 is 47.1 Å². The van der Waals surface area contributed by atoms with Crippen LogP contribution in [0.15, 0.2) is 24.0 Å². The van der Waals surface area contributed by atoms with Crippen molar-refractivity contribution in [2.24, 2.45) is 5.73 Å². The van der Waals surface area contributed by atoms with Gasteiger partial charge in [0.25, 0.3) is 0 Å². The van der Waals surface area contributed by atoms with Crippen molar-refractivity contribution in [2.45, 2.75) is 101 Å². The molecule has 5 rings (SSSR count). The van der Waals surface area contributed by atoms with Crippen LogP contribution in [0.4, 0.5) is 0 Å². The highest BCUT2D eigenvalue weighted by atomic mass is 16.6. The summed E-state index contributed by atoms with van der Waals surface area (Å²) in [6.07, 6.45) is 2.68. The predicted octanol–water partition coefficient (Wildman–Crippen LogP) is 0.0715. The number of hydrogen-bond acceptors (Lipinski definition) is 11. The molecular weight excluding hydrogens is 584 g/mol. The van der Waals surface area contributed by atoms with E-state index in [0.29, 0.717) is 56.5 Å². The Balaban J connectivity index is 1.22. The van der Waals surface area contributed by atoms with Gasteiger partial charge in [0, 0.05) is 37.1 Å². The van der Waals surface area contributed by atoms with E-state index in [1.54, 1.807) is 6.08 Å². The molecule has 0 unspecified atom stereocenters. The van der Waals surface area contributed by atoms with Crippen molar-refractivity contribution in [3.8, 4) is 5.75 Å². The number of hydrogen-bond donors (Lipinski definition) is 5. The molecule has 1 aromatic rings. The van der Waals surface area contributed by atoms with Gasteiger partial charge in [0.15, 0.2) is 12.2 Å². The molecule has 2 bridgehead atoms. The minimum atomic E-state index is -1.25. The molecule has 0 saturated carbocycles. The van der Waals surface area contributed by atoms with Gasteiger partial charge in [-0.15, -0.1) is 0 Å². The average molecular weight is 629 g/mol. The first-order chi connectivity index (χ1) is 21.5. The lowest BCUT2D eigenvalue weighted by molar-refractivity contribution is -0.175. The maximum Gasteiger partial charge on any atom is 0.352 e. The van der Waals surface area contributed by atoms with Crippen LogP contribution in [0.1, 0.15) is 69.1 Å². The van der Waals surface area contributed by atoms with Crippen molar-refractivity contribution in [1.29, 1.82) is 0 Å². The summed E-state index contributed by atoms with van der Waals surface area (Å²) in [5.41, 5.74) is 6.02. The number of esters is 2. The van der Waals surface area contributed by atoms with Crippen molar-refractivity contribution in [2.75, 3.05) is 26.7 Å². The second-order valence-electron chi connectivity index (χ2n) is 12.5. The van der Waals surface area contributed by atoms with E-state index in [1.165, 1.54) is 13.8 Å². The largest absolute Gasteiger partial charge is 0.481 e. The number of ether oxygens (including phenoxy) is 3. The highest BCUT2D eigenvalue weighted by Crippen LogP contribution is 2.64. The number of likely N-dealkylation sites (tertiary alicyclic amines) is 1. The molecule has 2 aliphatic carbocycles. The van der Waals surface area contributed by atoms with Crippen molar-refractivity contribution in [3.63, 3.8) is 0 Å². The van der Waals surface area contributed by atoms with Crippen molar-refractivity contribution < 1.29 is 43.6 Å². The fraction of sp³-hybridized carbons (Fsp3) is 0.625. The highest BCUT2D eigenvalue weighted by molar-refractivity contribution is 5.87. The number of aliphatic hydroxyl groups excluding tert-OH is 1. The number of unbranched alkanes of at least 4 members (excludes halogenated alkanes) is 1. The second kappa shape index (κ2) is 13.1. The van der Waals surface area contributed by atoms with Gasteiger partial charge in [0.1, 0.15) is 17.6 Å². The fourth-order valence-electron chi connectivity index (χ4n) is 7.55. The van der Waals surface area contributed by atoms with Crippen molar-refractivity contribution >= 4 is 23.8 Å². The summed E-state index contributed by atoms with van der Waals surface area (Å²) < 4.78 is 17.6. The number of carbonyl (C=O) groups excluding carboxylic acids is 4. The summed E-state index contributed by atoms with van der Waals surface area (Å²) in [5.74, 6) is -1.49. The molecule has 2 aliphatic heterocycles. The molecule has 0 aromatic heterocycles.